The molecule has 122 valence electrons. The number of amides is 1. The van der Waals surface area contributed by atoms with Crippen molar-refractivity contribution in [2.24, 2.45) is 5.73 Å². The van der Waals surface area contributed by atoms with E-state index in [0.717, 1.165) is 6.42 Å². The Hall–Kier alpha value is -1.97. The Morgan fingerprint density at radius 2 is 1.91 bits per heavy atom. The van der Waals surface area contributed by atoms with Crippen LogP contribution >= 0.6 is 0 Å². The van der Waals surface area contributed by atoms with Crippen LogP contribution in [0, 0.1) is 0 Å². The van der Waals surface area contributed by atoms with Gasteiger partial charge in [0.05, 0.1) is 12.2 Å². The molecule has 0 spiro atoms. The Bertz CT molecular complexity index is 471. The normalized spacial score (nSPS) is 10.2. The van der Waals surface area contributed by atoms with E-state index < -0.39 is 5.91 Å². The largest absolute Gasteiger partial charge is 0.493 e. The summed E-state index contributed by atoms with van der Waals surface area (Å²) < 4.78 is 11.2. The molecule has 1 amide bonds. The molecule has 0 heterocycles. The van der Waals surface area contributed by atoms with Gasteiger partial charge in [-0.05, 0) is 18.6 Å². The van der Waals surface area contributed by atoms with Crippen molar-refractivity contribution in [3.05, 3.63) is 36.4 Å². The third-order valence-corrected chi connectivity index (χ3v) is 3.34. The fourth-order valence-electron chi connectivity index (χ4n) is 2.14. The van der Waals surface area contributed by atoms with Crippen molar-refractivity contribution in [1.82, 2.24) is 0 Å². The Labute approximate surface area is 133 Å². The highest BCUT2D eigenvalue weighted by Crippen LogP contribution is 2.25. The van der Waals surface area contributed by atoms with E-state index in [1.807, 2.05) is 0 Å². The number of benzene rings is 1. The van der Waals surface area contributed by atoms with E-state index in [1.165, 1.54) is 32.1 Å². The highest BCUT2D eigenvalue weighted by atomic mass is 16.5. The number of primary amides is 1. The number of rotatable bonds is 12. The van der Waals surface area contributed by atoms with Crippen LogP contribution < -0.4 is 15.2 Å². The Morgan fingerprint density at radius 1 is 1.18 bits per heavy atom. The van der Waals surface area contributed by atoms with Crippen LogP contribution in [0.3, 0.4) is 0 Å². The lowest BCUT2D eigenvalue weighted by Gasteiger charge is -2.11. The maximum absolute atomic E-state index is 11.4. The molecule has 0 radical (unpaired) electrons. The van der Waals surface area contributed by atoms with Crippen LogP contribution in [0.25, 0.3) is 0 Å². The van der Waals surface area contributed by atoms with Crippen molar-refractivity contribution in [2.45, 2.75) is 45.4 Å². The first-order valence-electron chi connectivity index (χ1n) is 7.99. The van der Waals surface area contributed by atoms with E-state index in [-0.39, 0.29) is 0 Å². The zero-order valence-electron chi connectivity index (χ0n) is 13.5. The molecule has 4 heteroatoms. The van der Waals surface area contributed by atoms with Gasteiger partial charge in [0.25, 0.3) is 5.91 Å². The fraction of sp³-hybridized carbons (Fsp3) is 0.500. The van der Waals surface area contributed by atoms with E-state index >= 15 is 0 Å². The van der Waals surface area contributed by atoms with Crippen LogP contribution in [0.15, 0.2) is 30.9 Å². The number of nitrogens with two attached hydrogens (primary N) is 1. The summed E-state index contributed by atoms with van der Waals surface area (Å²) in [7, 11) is 0. The quantitative estimate of drug-likeness (QED) is 0.467. The Morgan fingerprint density at radius 3 is 2.59 bits per heavy atom. The minimum atomic E-state index is -0.512. The maximum Gasteiger partial charge on any atom is 0.252 e. The second kappa shape index (κ2) is 10.7. The molecule has 4 nitrogen and oxygen atoms in total. The maximum atomic E-state index is 11.4. The lowest BCUT2D eigenvalue weighted by atomic mass is 10.1. The molecule has 0 fully saturated rings. The third kappa shape index (κ3) is 6.66. The summed E-state index contributed by atoms with van der Waals surface area (Å²) in [6, 6.07) is 5.09. The molecule has 22 heavy (non-hydrogen) atoms. The second-order valence-corrected chi connectivity index (χ2v) is 5.24. The summed E-state index contributed by atoms with van der Waals surface area (Å²) >= 11 is 0. The monoisotopic (exact) mass is 305 g/mol. The molecule has 0 unspecified atom stereocenters. The van der Waals surface area contributed by atoms with Crippen molar-refractivity contribution in [3.63, 3.8) is 0 Å². The van der Waals surface area contributed by atoms with Gasteiger partial charge in [-0.15, -0.1) is 0 Å². The van der Waals surface area contributed by atoms with E-state index in [2.05, 4.69) is 13.5 Å². The number of hydrogen-bond acceptors (Lipinski definition) is 3. The Kier molecular flexibility index (Phi) is 8.80. The summed E-state index contributed by atoms with van der Waals surface area (Å²) in [4.78, 5) is 11.4. The zero-order valence-corrected chi connectivity index (χ0v) is 13.5. The lowest BCUT2D eigenvalue weighted by Crippen LogP contribution is -2.13. The zero-order chi connectivity index (χ0) is 16.2. The topological polar surface area (TPSA) is 61.6 Å². The summed E-state index contributed by atoms with van der Waals surface area (Å²) in [6.07, 6.45) is 8.95. The summed E-state index contributed by atoms with van der Waals surface area (Å²) in [5.74, 6) is 0.618. The van der Waals surface area contributed by atoms with Crippen molar-refractivity contribution in [1.29, 1.82) is 0 Å². The standard InChI is InChI=1S/C18H27NO3/c1-3-5-6-7-8-9-13-21-15-10-11-16(18(19)20)17(14-15)22-12-4-2/h4,10-11,14H,2-3,5-9,12-13H2,1H3,(H2,19,20). The molecule has 1 rings (SSSR count). The van der Waals surface area contributed by atoms with Crippen LogP contribution in [0.2, 0.25) is 0 Å². The van der Waals surface area contributed by atoms with Crippen LogP contribution in [-0.4, -0.2) is 19.1 Å². The number of hydrogen-bond donors (Lipinski definition) is 1. The van der Waals surface area contributed by atoms with Crippen molar-refractivity contribution in [3.8, 4) is 11.5 Å². The summed E-state index contributed by atoms with van der Waals surface area (Å²) in [6.45, 7) is 6.79. The van der Waals surface area contributed by atoms with Gasteiger partial charge < -0.3 is 15.2 Å². The molecule has 1 aromatic carbocycles. The number of carbonyl (C=O) groups is 1. The van der Waals surface area contributed by atoms with Gasteiger partial charge in [0, 0.05) is 6.07 Å². The molecule has 0 aliphatic heterocycles. The average molecular weight is 305 g/mol. The van der Waals surface area contributed by atoms with Gasteiger partial charge in [0.1, 0.15) is 18.1 Å². The smallest absolute Gasteiger partial charge is 0.252 e. The Balaban J connectivity index is 2.46. The van der Waals surface area contributed by atoms with Gasteiger partial charge in [0.15, 0.2) is 0 Å². The van der Waals surface area contributed by atoms with Crippen LogP contribution in [-0.2, 0) is 0 Å². The van der Waals surface area contributed by atoms with Gasteiger partial charge in [-0.1, -0.05) is 51.7 Å². The van der Waals surface area contributed by atoms with Gasteiger partial charge in [0.2, 0.25) is 0 Å². The van der Waals surface area contributed by atoms with Gasteiger partial charge in [-0.25, -0.2) is 0 Å². The van der Waals surface area contributed by atoms with Crippen molar-refractivity contribution < 1.29 is 14.3 Å². The molecule has 0 saturated carbocycles. The first-order valence-corrected chi connectivity index (χ1v) is 7.99. The second-order valence-electron chi connectivity index (χ2n) is 5.24. The minimum absolute atomic E-state index is 0.321. The predicted molar refractivity (Wildman–Crippen MR) is 89.5 cm³/mol. The molecule has 0 aliphatic rings. The minimum Gasteiger partial charge on any atom is -0.493 e. The van der Waals surface area contributed by atoms with Crippen LogP contribution in [0.4, 0.5) is 0 Å². The highest BCUT2D eigenvalue weighted by molar-refractivity contribution is 5.95. The highest BCUT2D eigenvalue weighted by Gasteiger charge is 2.10. The van der Waals surface area contributed by atoms with E-state index in [1.54, 1.807) is 24.3 Å². The van der Waals surface area contributed by atoms with Crippen molar-refractivity contribution in [2.75, 3.05) is 13.2 Å². The van der Waals surface area contributed by atoms with Gasteiger partial charge in [-0.2, -0.15) is 0 Å². The fourth-order valence-corrected chi connectivity index (χ4v) is 2.14. The van der Waals surface area contributed by atoms with Crippen molar-refractivity contribution >= 4 is 5.91 Å². The molecular weight excluding hydrogens is 278 g/mol. The molecule has 1 aromatic rings. The molecular formula is C18H27NO3. The number of ether oxygens (including phenoxy) is 2. The van der Waals surface area contributed by atoms with E-state index in [4.69, 9.17) is 15.2 Å². The number of carbonyl (C=O) groups excluding carboxylic acids is 1. The van der Waals surface area contributed by atoms with E-state index in [0.29, 0.717) is 30.3 Å². The SMILES string of the molecule is C=CCOc1cc(OCCCCCCCC)ccc1C(N)=O. The van der Waals surface area contributed by atoms with E-state index in [9.17, 15) is 4.79 Å². The van der Waals surface area contributed by atoms with Gasteiger partial charge >= 0.3 is 0 Å². The molecule has 0 atom stereocenters. The van der Waals surface area contributed by atoms with Crippen LogP contribution in [0.1, 0.15) is 55.8 Å². The molecule has 0 aliphatic carbocycles. The van der Waals surface area contributed by atoms with Gasteiger partial charge in [-0.3, -0.25) is 4.79 Å². The average Bonchev–Trinajstić information content (AvgIpc) is 2.52. The van der Waals surface area contributed by atoms with Crippen LogP contribution in [0.5, 0.6) is 11.5 Å². The third-order valence-electron chi connectivity index (χ3n) is 3.34. The molecule has 0 saturated heterocycles. The molecule has 0 aromatic heterocycles. The molecule has 0 bridgehead atoms. The lowest BCUT2D eigenvalue weighted by molar-refractivity contribution is 0.0997. The first kappa shape index (κ1) is 18.1. The molecule has 2 N–H and O–H groups in total. The first-order chi connectivity index (χ1) is 10.7. The number of unbranched alkanes of at least 4 members (excludes halogenated alkanes) is 5. The predicted octanol–water partition coefficient (Wildman–Crippen LogP) is 4.09. The summed E-state index contributed by atoms with van der Waals surface area (Å²) in [5, 5.41) is 0. The summed E-state index contributed by atoms with van der Waals surface area (Å²) in [5.41, 5.74) is 5.69.